The zero-order valence-corrected chi connectivity index (χ0v) is 24.8. The fourth-order valence-corrected chi connectivity index (χ4v) is 7.02. The van der Waals surface area contributed by atoms with Gasteiger partial charge in [0.1, 0.15) is 29.9 Å². The van der Waals surface area contributed by atoms with Crippen LogP contribution in [0.1, 0.15) is 55.4 Å². The molecule has 1 saturated heterocycles. The van der Waals surface area contributed by atoms with Crippen molar-refractivity contribution in [1.29, 1.82) is 0 Å². The highest BCUT2D eigenvalue weighted by Gasteiger charge is 2.50. The zero-order chi connectivity index (χ0) is 30.0. The van der Waals surface area contributed by atoms with Gasteiger partial charge in [-0.3, -0.25) is 28.3 Å². The first kappa shape index (κ1) is 30.4. The summed E-state index contributed by atoms with van der Waals surface area (Å²) >= 11 is 0. The second-order valence-electron chi connectivity index (χ2n) is 11.6. The molecule has 0 bridgehead atoms. The van der Waals surface area contributed by atoms with Gasteiger partial charge < -0.3 is 29.6 Å². The van der Waals surface area contributed by atoms with E-state index in [0.29, 0.717) is 30.8 Å². The molecular weight excluding hydrogens is 565 g/mol. The number of H-pyrrole nitrogens is 1. The molecule has 3 aliphatic rings. The van der Waals surface area contributed by atoms with Gasteiger partial charge in [-0.15, -0.1) is 0 Å². The Morgan fingerprint density at radius 1 is 1.21 bits per heavy atom. The summed E-state index contributed by atoms with van der Waals surface area (Å²) in [5, 5.41) is 3.63. The largest absolute Gasteiger partial charge is 0.496 e. The van der Waals surface area contributed by atoms with Crippen LogP contribution in [-0.4, -0.2) is 84.0 Å². The normalized spacial score (nSPS) is 25.8. The lowest BCUT2D eigenvalue weighted by Gasteiger charge is -2.29. The minimum absolute atomic E-state index is 0.0374. The first-order valence-electron chi connectivity index (χ1n) is 14.4. The lowest BCUT2D eigenvalue weighted by Crippen LogP contribution is -2.53. The molecule has 6 unspecified atom stereocenters. The number of benzene rings is 1. The number of carbonyl (C=O) groups excluding carboxylic acids is 4. The first-order valence-corrected chi connectivity index (χ1v) is 16.4. The highest BCUT2D eigenvalue weighted by molar-refractivity contribution is 7.51. The fraction of sp³-hybridized carbons (Fsp3) is 0.586. The lowest BCUT2D eigenvalue weighted by molar-refractivity contribution is -0.135. The van der Waals surface area contributed by atoms with Gasteiger partial charge in [0, 0.05) is 36.5 Å². The topological polar surface area (TPSA) is 164 Å². The Kier molecular flexibility index (Phi) is 9.17. The van der Waals surface area contributed by atoms with E-state index in [0.717, 1.165) is 43.3 Å². The van der Waals surface area contributed by atoms with Crippen molar-refractivity contribution >= 4 is 41.9 Å². The number of likely N-dealkylation sites (tertiary alicyclic amines) is 1. The van der Waals surface area contributed by atoms with E-state index < -0.39 is 44.8 Å². The minimum atomic E-state index is -3.78. The molecule has 42 heavy (non-hydrogen) atoms. The number of nitrogens with zero attached hydrogens (tertiary/aromatic N) is 1. The molecule has 5 rings (SSSR count). The number of ether oxygens (including phenoxy) is 2. The van der Waals surface area contributed by atoms with Gasteiger partial charge in [0.15, 0.2) is 12.6 Å². The number of hydrogen-bond donors (Lipinski definition) is 3. The second-order valence-corrected chi connectivity index (χ2v) is 13.4. The molecule has 228 valence electrons. The van der Waals surface area contributed by atoms with Crippen molar-refractivity contribution in [2.45, 2.75) is 57.0 Å². The maximum atomic E-state index is 13.9. The summed E-state index contributed by atoms with van der Waals surface area (Å²) in [5.41, 5.74) is 1.09. The number of nitrogens with one attached hydrogen (secondary N) is 2. The van der Waals surface area contributed by atoms with Crippen LogP contribution in [0.25, 0.3) is 10.9 Å². The summed E-state index contributed by atoms with van der Waals surface area (Å²) in [4.78, 5) is 67.4. The number of Topliss-reactive ketones (excluding diaryl/α,β-unsaturated/α-hetero) is 2. The molecule has 12 nitrogen and oxygen atoms in total. The maximum Gasteiger partial charge on any atom is 0.327 e. The molecule has 2 heterocycles. The van der Waals surface area contributed by atoms with Crippen molar-refractivity contribution in [2.75, 3.05) is 33.7 Å². The van der Waals surface area contributed by atoms with E-state index in [9.17, 15) is 28.6 Å². The fourth-order valence-electron chi connectivity index (χ4n) is 6.75. The van der Waals surface area contributed by atoms with Gasteiger partial charge in [0.2, 0.25) is 5.91 Å². The zero-order valence-electron chi connectivity index (χ0n) is 23.9. The van der Waals surface area contributed by atoms with Crippen LogP contribution in [0, 0.1) is 17.8 Å². The van der Waals surface area contributed by atoms with Crippen LogP contribution in [0.4, 0.5) is 0 Å². The molecule has 0 radical (unpaired) electrons. The average Bonchev–Trinajstić information content (AvgIpc) is 3.73. The van der Waals surface area contributed by atoms with Crippen LogP contribution in [0.15, 0.2) is 24.3 Å². The Morgan fingerprint density at radius 3 is 2.74 bits per heavy atom. The lowest BCUT2D eigenvalue weighted by atomic mass is 9.91. The van der Waals surface area contributed by atoms with E-state index in [-0.39, 0.29) is 35.9 Å². The number of aromatic nitrogens is 1. The Balaban J connectivity index is 1.34. The standard InChI is InChI=1S/C29H38N3O9P/c1-39-26-11-5-9-21-20(26)13-23(30-21)29(36)32-14-18-7-3-8-19(18)27(32)28(35)31-22(12-17-6-4-10-24(17)33)25(34)15-40-16-41-42(2,37)38/h5,9,11,13,17-19,22,27,30H,3-4,6-8,10,12,14-16H2,1-2H3,(H,31,35)(H,37,38). The Bertz CT molecular complexity index is 1400. The van der Waals surface area contributed by atoms with Gasteiger partial charge in [0.25, 0.3) is 5.91 Å². The van der Waals surface area contributed by atoms with Crippen LogP contribution < -0.4 is 10.1 Å². The van der Waals surface area contributed by atoms with E-state index in [4.69, 9.17) is 9.47 Å². The number of rotatable bonds is 12. The quantitative estimate of drug-likeness (QED) is 0.188. The molecule has 1 aliphatic heterocycles. The highest BCUT2D eigenvalue weighted by Crippen LogP contribution is 2.43. The van der Waals surface area contributed by atoms with Gasteiger partial charge in [-0.1, -0.05) is 12.5 Å². The van der Waals surface area contributed by atoms with E-state index in [1.807, 2.05) is 18.2 Å². The molecule has 2 aliphatic carbocycles. The monoisotopic (exact) mass is 603 g/mol. The predicted octanol–water partition coefficient (Wildman–Crippen LogP) is 3.04. The Labute approximate surface area is 244 Å². The first-order chi connectivity index (χ1) is 20.1. The predicted molar refractivity (Wildman–Crippen MR) is 152 cm³/mol. The Morgan fingerprint density at radius 2 is 2.02 bits per heavy atom. The maximum absolute atomic E-state index is 13.9. The van der Waals surface area contributed by atoms with E-state index in [1.165, 1.54) is 0 Å². The van der Waals surface area contributed by atoms with Crippen molar-refractivity contribution in [3.05, 3.63) is 30.0 Å². The van der Waals surface area contributed by atoms with Crippen molar-refractivity contribution in [3.63, 3.8) is 0 Å². The third kappa shape index (κ3) is 6.62. The molecular formula is C29H38N3O9P. The Hall–Kier alpha value is -3.05. The highest BCUT2D eigenvalue weighted by atomic mass is 31.2. The smallest absolute Gasteiger partial charge is 0.327 e. The molecule has 1 aromatic heterocycles. The molecule has 0 spiro atoms. The molecule has 3 fully saturated rings. The van der Waals surface area contributed by atoms with Crippen molar-refractivity contribution in [1.82, 2.24) is 15.2 Å². The third-order valence-corrected chi connectivity index (χ3v) is 9.36. The summed E-state index contributed by atoms with van der Waals surface area (Å²) in [6.45, 7) is 0.405. The van der Waals surface area contributed by atoms with Gasteiger partial charge in [-0.25, -0.2) is 0 Å². The van der Waals surface area contributed by atoms with Gasteiger partial charge >= 0.3 is 7.60 Å². The van der Waals surface area contributed by atoms with E-state index in [1.54, 1.807) is 18.1 Å². The molecule has 3 N–H and O–H groups in total. The van der Waals surface area contributed by atoms with Crippen LogP contribution in [0.2, 0.25) is 0 Å². The third-order valence-electron chi connectivity index (χ3n) is 8.77. The van der Waals surface area contributed by atoms with Crippen molar-refractivity contribution in [2.24, 2.45) is 17.8 Å². The van der Waals surface area contributed by atoms with Crippen LogP contribution in [0.3, 0.4) is 0 Å². The number of methoxy groups -OCH3 is 1. The van der Waals surface area contributed by atoms with Gasteiger partial charge in [0.05, 0.1) is 13.2 Å². The molecule has 2 saturated carbocycles. The van der Waals surface area contributed by atoms with Crippen LogP contribution in [0.5, 0.6) is 5.75 Å². The number of carbonyl (C=O) groups is 4. The summed E-state index contributed by atoms with van der Waals surface area (Å²) in [7, 11) is -2.22. The number of aromatic amines is 1. The molecule has 1 aromatic carbocycles. The minimum Gasteiger partial charge on any atom is -0.496 e. The van der Waals surface area contributed by atoms with Gasteiger partial charge in [-0.05, 0) is 62.1 Å². The number of amides is 2. The van der Waals surface area contributed by atoms with Crippen molar-refractivity contribution in [3.8, 4) is 5.75 Å². The SMILES string of the molecule is COc1cccc2[nH]c(C(=O)N3CC4CCCC4C3C(=O)NC(CC3CCCC3=O)C(=O)COCOP(C)(=O)O)cc12. The average molecular weight is 604 g/mol. The summed E-state index contributed by atoms with van der Waals surface area (Å²) in [5.74, 6) is -0.733. The molecule has 13 heteroatoms. The number of hydrogen-bond acceptors (Lipinski definition) is 8. The van der Waals surface area contributed by atoms with E-state index in [2.05, 4.69) is 14.8 Å². The van der Waals surface area contributed by atoms with Gasteiger partial charge in [-0.2, -0.15) is 0 Å². The molecule has 2 amide bonds. The number of ketones is 2. The molecule has 6 atom stereocenters. The summed E-state index contributed by atoms with van der Waals surface area (Å²) < 4.78 is 26.6. The summed E-state index contributed by atoms with van der Waals surface area (Å²) in [6, 6.07) is 5.45. The van der Waals surface area contributed by atoms with Crippen LogP contribution >= 0.6 is 7.60 Å². The summed E-state index contributed by atoms with van der Waals surface area (Å²) in [6.07, 6.45) is 4.61. The van der Waals surface area contributed by atoms with Crippen LogP contribution in [-0.2, 0) is 28.2 Å². The number of fused-ring (bicyclic) bond motifs is 2. The van der Waals surface area contributed by atoms with E-state index >= 15 is 0 Å². The second kappa shape index (κ2) is 12.7. The molecule has 2 aromatic rings. The van der Waals surface area contributed by atoms with Crippen molar-refractivity contribution < 1.29 is 42.6 Å².